The molecule has 2 aliphatic rings. The van der Waals surface area contributed by atoms with Gasteiger partial charge in [0.2, 0.25) is 0 Å². The summed E-state index contributed by atoms with van der Waals surface area (Å²) in [6.07, 6.45) is 7.05. The SMILES string of the molecule is CCOc1ccc(/C=C2\CCCC3=C2N=c2s/c(=C/c4ccc(Br)cc4)c(=O)n2C3c2ccc(OCC)cc2)cc1. The molecule has 7 heteroatoms. The number of hydrogen-bond donors (Lipinski definition) is 0. The zero-order valence-electron chi connectivity index (χ0n) is 23.1. The first-order chi connectivity index (χ1) is 20.0. The lowest BCUT2D eigenvalue weighted by molar-refractivity contribution is 0.340. The van der Waals surface area contributed by atoms with E-state index < -0.39 is 0 Å². The average Bonchev–Trinajstić information content (AvgIpc) is 3.29. The van der Waals surface area contributed by atoms with Crippen molar-refractivity contribution in [2.45, 2.75) is 39.2 Å². The van der Waals surface area contributed by atoms with Gasteiger partial charge in [0, 0.05) is 4.47 Å². The van der Waals surface area contributed by atoms with Crippen molar-refractivity contribution < 1.29 is 9.47 Å². The topological polar surface area (TPSA) is 52.8 Å². The summed E-state index contributed by atoms with van der Waals surface area (Å²) in [6.45, 7) is 5.23. The number of halogens is 1. The van der Waals surface area contributed by atoms with Gasteiger partial charge in [-0.25, -0.2) is 4.99 Å². The van der Waals surface area contributed by atoms with Crippen molar-refractivity contribution >= 4 is 39.4 Å². The van der Waals surface area contributed by atoms with E-state index in [-0.39, 0.29) is 11.6 Å². The van der Waals surface area contributed by atoms with Gasteiger partial charge in [-0.05, 0) is 109 Å². The van der Waals surface area contributed by atoms with Gasteiger partial charge in [-0.1, -0.05) is 63.7 Å². The second-order valence-corrected chi connectivity index (χ2v) is 12.0. The van der Waals surface area contributed by atoms with Crippen molar-refractivity contribution in [3.8, 4) is 11.5 Å². The molecule has 0 N–H and O–H groups in total. The molecule has 208 valence electrons. The Morgan fingerprint density at radius 2 is 1.49 bits per heavy atom. The Morgan fingerprint density at radius 3 is 2.15 bits per heavy atom. The van der Waals surface area contributed by atoms with E-state index in [0.717, 1.165) is 62.4 Å². The van der Waals surface area contributed by atoms with Crippen LogP contribution in [-0.2, 0) is 0 Å². The molecule has 0 saturated carbocycles. The van der Waals surface area contributed by atoms with E-state index in [4.69, 9.17) is 14.5 Å². The molecule has 0 amide bonds. The summed E-state index contributed by atoms with van der Waals surface area (Å²) in [4.78, 5) is 19.9. The Bertz CT molecular complexity index is 1800. The molecule has 0 saturated heterocycles. The zero-order chi connectivity index (χ0) is 28.3. The molecule has 1 aliphatic heterocycles. The molecule has 1 aliphatic carbocycles. The van der Waals surface area contributed by atoms with Crippen molar-refractivity contribution in [2.24, 2.45) is 4.99 Å². The van der Waals surface area contributed by atoms with Gasteiger partial charge >= 0.3 is 0 Å². The van der Waals surface area contributed by atoms with Gasteiger partial charge < -0.3 is 9.47 Å². The summed E-state index contributed by atoms with van der Waals surface area (Å²) in [5.74, 6) is 1.70. The normalized spacial score (nSPS) is 17.7. The second-order valence-electron chi connectivity index (χ2n) is 10.0. The van der Waals surface area contributed by atoms with E-state index in [2.05, 4.69) is 46.3 Å². The minimum absolute atomic E-state index is 0.00952. The lowest BCUT2D eigenvalue weighted by Crippen LogP contribution is -2.39. The van der Waals surface area contributed by atoms with E-state index in [1.165, 1.54) is 22.5 Å². The number of benzene rings is 3. The van der Waals surface area contributed by atoms with E-state index in [1.54, 1.807) is 0 Å². The molecule has 5 nitrogen and oxygen atoms in total. The monoisotopic (exact) mass is 626 g/mol. The van der Waals surface area contributed by atoms with Crippen molar-refractivity contribution in [2.75, 3.05) is 13.2 Å². The molecular weight excluding hydrogens is 596 g/mol. The van der Waals surface area contributed by atoms with Crippen LogP contribution in [0.1, 0.15) is 55.8 Å². The number of hydrogen-bond acceptors (Lipinski definition) is 5. The second kappa shape index (κ2) is 12.0. The molecule has 4 aromatic rings. The minimum atomic E-state index is -0.215. The van der Waals surface area contributed by atoms with Crippen LogP contribution in [0.3, 0.4) is 0 Å². The molecular formula is C34H31BrN2O3S. The molecule has 0 fully saturated rings. The van der Waals surface area contributed by atoms with Gasteiger partial charge in [-0.15, -0.1) is 0 Å². The quantitative estimate of drug-likeness (QED) is 0.221. The number of allylic oxidation sites excluding steroid dienone is 2. The number of ether oxygens (including phenoxy) is 2. The van der Waals surface area contributed by atoms with Gasteiger partial charge in [-0.2, -0.15) is 0 Å². The third kappa shape index (κ3) is 5.74. The van der Waals surface area contributed by atoms with Gasteiger partial charge in [0.1, 0.15) is 11.5 Å². The van der Waals surface area contributed by atoms with E-state index in [1.807, 2.05) is 73.0 Å². The van der Waals surface area contributed by atoms with Crippen molar-refractivity contribution in [3.05, 3.63) is 130 Å². The molecule has 6 rings (SSSR count). The lowest BCUT2D eigenvalue weighted by Gasteiger charge is -2.31. The first-order valence-corrected chi connectivity index (χ1v) is 15.6. The van der Waals surface area contributed by atoms with Crippen LogP contribution in [0.15, 0.2) is 104 Å². The standard InChI is InChI=1S/C34H31BrN2O3S/c1-3-39-27-16-10-22(11-17-27)20-25-6-5-7-29-31(25)36-34-37(32(29)24-12-18-28(19-13-24)40-4-2)33(38)30(41-34)21-23-8-14-26(35)15-9-23/h8-21,32H,3-7H2,1-2H3/b25-20+,30-21+. The summed E-state index contributed by atoms with van der Waals surface area (Å²) >= 11 is 4.95. The fraction of sp³-hybridized carbons (Fsp3) is 0.235. The number of nitrogens with zero attached hydrogens (tertiary/aromatic N) is 2. The maximum absolute atomic E-state index is 14.0. The van der Waals surface area contributed by atoms with E-state index in [9.17, 15) is 4.79 Å². The first kappa shape index (κ1) is 27.5. The highest BCUT2D eigenvalue weighted by Crippen LogP contribution is 2.41. The van der Waals surface area contributed by atoms with Crippen LogP contribution < -0.4 is 24.4 Å². The Hall–Kier alpha value is -3.68. The molecule has 2 heterocycles. The number of rotatable bonds is 7. The third-order valence-corrected chi connectivity index (χ3v) is 8.85. The largest absolute Gasteiger partial charge is 0.494 e. The molecule has 1 atom stereocenters. The van der Waals surface area contributed by atoms with Crippen molar-refractivity contribution in [3.63, 3.8) is 0 Å². The van der Waals surface area contributed by atoms with E-state index >= 15 is 0 Å². The lowest BCUT2D eigenvalue weighted by atomic mass is 9.84. The molecule has 1 unspecified atom stereocenters. The maximum Gasteiger partial charge on any atom is 0.271 e. The van der Waals surface area contributed by atoms with Crippen LogP contribution in [0.4, 0.5) is 0 Å². The smallest absolute Gasteiger partial charge is 0.271 e. The molecule has 1 aromatic heterocycles. The number of fused-ring (bicyclic) bond motifs is 1. The average molecular weight is 628 g/mol. The fourth-order valence-corrected chi connectivity index (χ4v) is 6.77. The summed E-state index contributed by atoms with van der Waals surface area (Å²) in [7, 11) is 0. The molecule has 0 radical (unpaired) electrons. The number of thiazole rings is 1. The van der Waals surface area contributed by atoms with Gasteiger partial charge in [0.15, 0.2) is 4.80 Å². The highest BCUT2D eigenvalue weighted by molar-refractivity contribution is 9.10. The Balaban J connectivity index is 1.51. The molecule has 3 aromatic carbocycles. The predicted octanol–water partition coefficient (Wildman–Crippen LogP) is 7.04. The van der Waals surface area contributed by atoms with Crippen LogP contribution in [0.5, 0.6) is 11.5 Å². The van der Waals surface area contributed by atoms with Crippen molar-refractivity contribution in [1.29, 1.82) is 0 Å². The Labute approximate surface area is 251 Å². The summed E-state index contributed by atoms with van der Waals surface area (Å²) in [5.41, 5.74) is 6.57. The zero-order valence-corrected chi connectivity index (χ0v) is 25.5. The van der Waals surface area contributed by atoms with Crippen LogP contribution in [0, 0.1) is 0 Å². The first-order valence-electron chi connectivity index (χ1n) is 14.0. The highest BCUT2D eigenvalue weighted by Gasteiger charge is 2.32. The summed E-state index contributed by atoms with van der Waals surface area (Å²) in [5, 5.41) is 0. The Kier molecular flexibility index (Phi) is 8.08. The van der Waals surface area contributed by atoms with Gasteiger partial charge in [0.25, 0.3) is 5.56 Å². The van der Waals surface area contributed by atoms with Crippen LogP contribution in [0.2, 0.25) is 0 Å². The summed E-state index contributed by atoms with van der Waals surface area (Å²) < 4.78 is 14.9. The summed E-state index contributed by atoms with van der Waals surface area (Å²) in [6, 6.07) is 24.1. The molecule has 0 bridgehead atoms. The molecule has 0 spiro atoms. The van der Waals surface area contributed by atoms with Crippen LogP contribution in [-0.4, -0.2) is 17.8 Å². The van der Waals surface area contributed by atoms with Crippen LogP contribution >= 0.6 is 27.3 Å². The fourth-order valence-electron chi connectivity index (χ4n) is 5.51. The maximum atomic E-state index is 14.0. The Morgan fingerprint density at radius 1 is 0.878 bits per heavy atom. The minimum Gasteiger partial charge on any atom is -0.494 e. The molecule has 41 heavy (non-hydrogen) atoms. The van der Waals surface area contributed by atoms with Crippen LogP contribution in [0.25, 0.3) is 12.2 Å². The predicted molar refractivity (Wildman–Crippen MR) is 169 cm³/mol. The highest BCUT2D eigenvalue weighted by atomic mass is 79.9. The van der Waals surface area contributed by atoms with Gasteiger partial charge in [-0.3, -0.25) is 9.36 Å². The van der Waals surface area contributed by atoms with Gasteiger partial charge in [0.05, 0.1) is 29.5 Å². The van der Waals surface area contributed by atoms with E-state index in [0.29, 0.717) is 17.7 Å². The van der Waals surface area contributed by atoms with Crippen molar-refractivity contribution in [1.82, 2.24) is 4.57 Å². The third-order valence-electron chi connectivity index (χ3n) is 7.34. The number of aromatic nitrogens is 1.